The molecule has 0 aliphatic rings. The van der Waals surface area contributed by atoms with Crippen LogP contribution in [-0.4, -0.2) is 12.5 Å². The van der Waals surface area contributed by atoms with Crippen LogP contribution in [0.15, 0.2) is 71.6 Å². The molecular weight excluding hydrogens is 413 g/mol. The van der Waals surface area contributed by atoms with Gasteiger partial charge in [-0.2, -0.15) is 0 Å². The van der Waals surface area contributed by atoms with Gasteiger partial charge in [0.05, 0.1) is 17.3 Å². The van der Waals surface area contributed by atoms with Gasteiger partial charge in [-0.25, -0.2) is 0 Å². The van der Waals surface area contributed by atoms with E-state index in [-0.39, 0.29) is 5.91 Å². The van der Waals surface area contributed by atoms with Crippen LogP contribution in [0.1, 0.15) is 22.8 Å². The zero-order valence-electron chi connectivity index (χ0n) is 15.2. The minimum Gasteiger partial charge on any atom is -0.494 e. The lowest BCUT2D eigenvalue weighted by Crippen LogP contribution is -2.12. The number of para-hydroxylation sites is 1. The first-order valence-corrected chi connectivity index (χ1v) is 10.5. The molecule has 0 radical (unpaired) electrons. The van der Waals surface area contributed by atoms with E-state index in [1.807, 2.05) is 55.5 Å². The highest BCUT2D eigenvalue weighted by molar-refractivity contribution is 7.98. The molecular formula is C22H19Cl2NO2S. The molecule has 0 atom stereocenters. The molecule has 0 saturated carbocycles. The summed E-state index contributed by atoms with van der Waals surface area (Å²) in [5, 5.41) is 4.06. The van der Waals surface area contributed by atoms with Crippen LogP contribution in [0, 0.1) is 0 Å². The maximum atomic E-state index is 12.7. The van der Waals surface area contributed by atoms with Gasteiger partial charge in [0.25, 0.3) is 5.91 Å². The van der Waals surface area contributed by atoms with Crippen molar-refractivity contribution < 1.29 is 9.53 Å². The standard InChI is InChI=1S/C22H19Cl2NO2S/c1-2-27-21-12-7-15(22(26)25-20-6-4-3-5-19(20)24)13-16(21)14-28-18-10-8-17(23)9-11-18/h3-13H,2,14H2,1H3,(H,25,26). The third-order valence-electron chi connectivity index (χ3n) is 3.95. The molecule has 0 heterocycles. The summed E-state index contributed by atoms with van der Waals surface area (Å²) in [6.45, 7) is 2.50. The number of carbonyl (C=O) groups is 1. The number of ether oxygens (including phenoxy) is 1. The summed E-state index contributed by atoms with van der Waals surface area (Å²) in [6.07, 6.45) is 0. The third kappa shape index (κ3) is 5.44. The van der Waals surface area contributed by atoms with Gasteiger partial charge in [0.15, 0.2) is 0 Å². The molecule has 0 aliphatic carbocycles. The Balaban J connectivity index is 1.79. The Morgan fingerprint density at radius 1 is 1.04 bits per heavy atom. The molecule has 0 spiro atoms. The summed E-state index contributed by atoms with van der Waals surface area (Å²) in [5.74, 6) is 1.23. The van der Waals surface area contributed by atoms with Crippen molar-refractivity contribution >= 4 is 46.6 Å². The van der Waals surface area contributed by atoms with Gasteiger partial charge in [0, 0.05) is 26.8 Å². The molecule has 0 saturated heterocycles. The second-order valence-electron chi connectivity index (χ2n) is 5.93. The average Bonchev–Trinajstić information content (AvgIpc) is 2.70. The van der Waals surface area contributed by atoms with E-state index in [1.165, 1.54) is 0 Å². The summed E-state index contributed by atoms with van der Waals surface area (Å²) < 4.78 is 5.73. The van der Waals surface area contributed by atoms with Gasteiger partial charge >= 0.3 is 0 Å². The van der Waals surface area contributed by atoms with Gasteiger partial charge in [-0.3, -0.25) is 4.79 Å². The minimum atomic E-state index is -0.214. The highest BCUT2D eigenvalue weighted by atomic mass is 35.5. The molecule has 3 aromatic carbocycles. The van der Waals surface area contributed by atoms with E-state index in [9.17, 15) is 4.79 Å². The van der Waals surface area contributed by atoms with E-state index in [1.54, 1.807) is 30.0 Å². The lowest BCUT2D eigenvalue weighted by Gasteiger charge is -2.13. The predicted octanol–water partition coefficient (Wildman–Crippen LogP) is 6.94. The third-order valence-corrected chi connectivity index (χ3v) is 5.59. The Hall–Kier alpha value is -2.14. The number of carbonyl (C=O) groups excluding carboxylic acids is 1. The Morgan fingerprint density at radius 3 is 2.50 bits per heavy atom. The number of anilines is 1. The Morgan fingerprint density at radius 2 is 1.79 bits per heavy atom. The van der Waals surface area contributed by atoms with Gasteiger partial charge in [-0.05, 0) is 61.5 Å². The molecule has 28 heavy (non-hydrogen) atoms. The number of amides is 1. The van der Waals surface area contributed by atoms with Crippen molar-refractivity contribution in [2.45, 2.75) is 17.6 Å². The van der Waals surface area contributed by atoms with E-state index in [0.717, 1.165) is 16.2 Å². The van der Waals surface area contributed by atoms with Crippen molar-refractivity contribution in [3.63, 3.8) is 0 Å². The number of benzene rings is 3. The van der Waals surface area contributed by atoms with Crippen molar-refractivity contribution in [2.24, 2.45) is 0 Å². The molecule has 3 aromatic rings. The van der Waals surface area contributed by atoms with Crippen LogP contribution in [-0.2, 0) is 5.75 Å². The van der Waals surface area contributed by atoms with Crippen LogP contribution < -0.4 is 10.1 Å². The minimum absolute atomic E-state index is 0.214. The van der Waals surface area contributed by atoms with Gasteiger partial charge in [-0.1, -0.05) is 35.3 Å². The van der Waals surface area contributed by atoms with Crippen LogP contribution in [0.4, 0.5) is 5.69 Å². The second kappa shape index (κ2) is 9.87. The zero-order valence-corrected chi connectivity index (χ0v) is 17.6. The van der Waals surface area contributed by atoms with Gasteiger partial charge in [0.1, 0.15) is 5.75 Å². The normalized spacial score (nSPS) is 10.5. The van der Waals surface area contributed by atoms with E-state index < -0.39 is 0 Å². The predicted molar refractivity (Wildman–Crippen MR) is 118 cm³/mol. The fraction of sp³-hybridized carbons (Fsp3) is 0.136. The van der Waals surface area contributed by atoms with Gasteiger partial charge in [0.2, 0.25) is 0 Å². The Labute approximate surface area is 179 Å². The van der Waals surface area contributed by atoms with Crippen LogP contribution in [0.5, 0.6) is 5.75 Å². The first-order valence-electron chi connectivity index (χ1n) is 8.77. The first kappa shape index (κ1) is 20.6. The smallest absolute Gasteiger partial charge is 0.255 e. The molecule has 0 unspecified atom stereocenters. The summed E-state index contributed by atoms with van der Waals surface area (Å²) in [7, 11) is 0. The SMILES string of the molecule is CCOc1ccc(C(=O)Nc2ccccc2Cl)cc1CSc1ccc(Cl)cc1. The largest absolute Gasteiger partial charge is 0.494 e. The highest BCUT2D eigenvalue weighted by Crippen LogP contribution is 2.30. The Kier molecular flexibility index (Phi) is 7.26. The fourth-order valence-electron chi connectivity index (χ4n) is 2.58. The molecule has 0 aromatic heterocycles. The number of hydrogen-bond acceptors (Lipinski definition) is 3. The number of rotatable bonds is 7. The van der Waals surface area contributed by atoms with Crippen molar-refractivity contribution in [1.29, 1.82) is 0 Å². The van der Waals surface area contributed by atoms with E-state index in [4.69, 9.17) is 27.9 Å². The second-order valence-corrected chi connectivity index (χ2v) is 7.82. The summed E-state index contributed by atoms with van der Waals surface area (Å²) in [5.41, 5.74) is 2.09. The van der Waals surface area contributed by atoms with E-state index >= 15 is 0 Å². The molecule has 0 fully saturated rings. The molecule has 3 rings (SSSR count). The number of halogens is 2. The fourth-order valence-corrected chi connectivity index (χ4v) is 3.76. The molecule has 0 aliphatic heterocycles. The molecule has 1 N–H and O–H groups in total. The quantitative estimate of drug-likeness (QED) is 0.411. The average molecular weight is 432 g/mol. The van der Waals surface area contributed by atoms with Crippen LogP contribution in [0.25, 0.3) is 0 Å². The zero-order chi connectivity index (χ0) is 19.9. The molecule has 144 valence electrons. The van der Waals surface area contributed by atoms with Gasteiger partial charge < -0.3 is 10.1 Å². The van der Waals surface area contributed by atoms with E-state index in [2.05, 4.69) is 5.32 Å². The summed E-state index contributed by atoms with van der Waals surface area (Å²) >= 11 is 13.7. The summed E-state index contributed by atoms with van der Waals surface area (Å²) in [6, 6.07) is 20.3. The summed E-state index contributed by atoms with van der Waals surface area (Å²) in [4.78, 5) is 13.8. The molecule has 0 bridgehead atoms. The number of thioether (sulfide) groups is 1. The van der Waals surface area contributed by atoms with Crippen molar-refractivity contribution in [3.8, 4) is 5.75 Å². The van der Waals surface area contributed by atoms with Gasteiger partial charge in [-0.15, -0.1) is 11.8 Å². The molecule has 1 amide bonds. The molecule has 3 nitrogen and oxygen atoms in total. The molecule has 6 heteroatoms. The van der Waals surface area contributed by atoms with Crippen molar-refractivity contribution in [2.75, 3.05) is 11.9 Å². The van der Waals surface area contributed by atoms with Crippen LogP contribution in [0.2, 0.25) is 10.0 Å². The lowest BCUT2D eigenvalue weighted by molar-refractivity contribution is 0.102. The number of nitrogens with one attached hydrogen (secondary N) is 1. The monoisotopic (exact) mass is 431 g/mol. The van der Waals surface area contributed by atoms with Crippen LogP contribution in [0.3, 0.4) is 0 Å². The maximum Gasteiger partial charge on any atom is 0.255 e. The van der Waals surface area contributed by atoms with Crippen molar-refractivity contribution in [3.05, 3.63) is 87.9 Å². The highest BCUT2D eigenvalue weighted by Gasteiger charge is 2.12. The van der Waals surface area contributed by atoms with Crippen molar-refractivity contribution in [1.82, 2.24) is 0 Å². The number of hydrogen-bond donors (Lipinski definition) is 1. The first-order chi connectivity index (χ1) is 13.6. The van der Waals surface area contributed by atoms with Crippen LogP contribution >= 0.6 is 35.0 Å². The lowest BCUT2D eigenvalue weighted by atomic mass is 10.1. The topological polar surface area (TPSA) is 38.3 Å². The Bertz CT molecular complexity index is 961. The maximum absolute atomic E-state index is 12.7. The van der Waals surface area contributed by atoms with E-state index in [0.29, 0.717) is 33.7 Å².